The molecule has 0 bridgehead atoms. The Bertz CT molecular complexity index is 3080. The van der Waals surface area contributed by atoms with E-state index in [4.69, 9.17) is 0 Å². The van der Waals surface area contributed by atoms with E-state index in [9.17, 15) is 0 Å². The van der Waals surface area contributed by atoms with Gasteiger partial charge in [0.15, 0.2) is 0 Å². The summed E-state index contributed by atoms with van der Waals surface area (Å²) in [7, 11) is 0. The molecule has 10 aromatic rings. The summed E-state index contributed by atoms with van der Waals surface area (Å²) in [6.07, 6.45) is 0. The molecule has 0 amide bonds. The van der Waals surface area contributed by atoms with Gasteiger partial charge in [-0.25, -0.2) is 0 Å². The van der Waals surface area contributed by atoms with Gasteiger partial charge in [0.1, 0.15) is 0 Å². The zero-order valence-corrected chi connectivity index (χ0v) is 32.0. The molecule has 1 nitrogen and oxygen atoms in total. The predicted molar refractivity (Wildman–Crippen MR) is 244 cm³/mol. The second-order valence-corrected chi connectivity index (χ2v) is 15.3. The van der Waals surface area contributed by atoms with Crippen molar-refractivity contribution >= 4 is 38.6 Å². The van der Waals surface area contributed by atoms with E-state index in [1.807, 2.05) is 0 Å². The summed E-state index contributed by atoms with van der Waals surface area (Å²) in [6.45, 7) is 0. The van der Waals surface area contributed by atoms with Gasteiger partial charge in [-0.3, -0.25) is 0 Å². The molecule has 0 aliphatic heterocycles. The van der Waals surface area contributed by atoms with Gasteiger partial charge < -0.3 is 4.90 Å². The van der Waals surface area contributed by atoms with Gasteiger partial charge in [-0.1, -0.05) is 200 Å². The third-order valence-electron chi connectivity index (χ3n) is 12.1. The maximum Gasteiger partial charge on any atom is 0.0714 e. The fourth-order valence-electron chi connectivity index (χ4n) is 9.57. The van der Waals surface area contributed by atoms with Crippen molar-refractivity contribution in [3.8, 4) is 33.4 Å². The largest absolute Gasteiger partial charge is 0.310 e. The van der Waals surface area contributed by atoms with E-state index in [0.717, 1.165) is 17.1 Å². The van der Waals surface area contributed by atoms with Crippen LogP contribution >= 0.6 is 0 Å². The first-order valence-electron chi connectivity index (χ1n) is 20.1. The van der Waals surface area contributed by atoms with Crippen molar-refractivity contribution in [3.05, 3.63) is 259 Å². The van der Waals surface area contributed by atoms with Gasteiger partial charge in [0, 0.05) is 16.9 Å². The zero-order chi connectivity index (χ0) is 38.5. The molecular formula is C57H39N. The van der Waals surface area contributed by atoms with Crippen molar-refractivity contribution in [2.45, 2.75) is 5.41 Å². The van der Waals surface area contributed by atoms with Crippen LogP contribution in [0.1, 0.15) is 22.3 Å². The maximum absolute atomic E-state index is 2.49. The lowest BCUT2D eigenvalue weighted by Gasteiger charge is -2.34. The second kappa shape index (κ2) is 13.9. The fourth-order valence-corrected chi connectivity index (χ4v) is 9.57. The highest BCUT2D eigenvalue weighted by Gasteiger charge is 2.47. The second-order valence-electron chi connectivity index (χ2n) is 15.3. The van der Waals surface area contributed by atoms with E-state index in [1.54, 1.807) is 0 Å². The number of hydrogen-bond acceptors (Lipinski definition) is 1. The smallest absolute Gasteiger partial charge is 0.0714 e. The van der Waals surface area contributed by atoms with Crippen LogP contribution in [-0.2, 0) is 5.41 Å². The van der Waals surface area contributed by atoms with Gasteiger partial charge in [-0.2, -0.15) is 0 Å². The summed E-state index contributed by atoms with van der Waals surface area (Å²) in [4.78, 5) is 2.49. The predicted octanol–water partition coefficient (Wildman–Crippen LogP) is 15.2. The molecule has 0 heterocycles. The lowest BCUT2D eigenvalue weighted by Crippen LogP contribution is -2.28. The highest BCUT2D eigenvalue weighted by atomic mass is 15.1. The molecule has 1 aliphatic rings. The van der Waals surface area contributed by atoms with E-state index in [-0.39, 0.29) is 0 Å². The van der Waals surface area contributed by atoms with Gasteiger partial charge in [-0.15, -0.1) is 0 Å². The van der Waals surface area contributed by atoms with E-state index in [0.29, 0.717) is 0 Å². The van der Waals surface area contributed by atoms with Crippen LogP contribution in [-0.4, -0.2) is 0 Å². The minimum atomic E-state index is -0.506. The van der Waals surface area contributed by atoms with Crippen LogP contribution in [0.2, 0.25) is 0 Å². The van der Waals surface area contributed by atoms with Crippen LogP contribution in [0.3, 0.4) is 0 Å². The summed E-state index contributed by atoms with van der Waals surface area (Å²) < 4.78 is 0. The average molecular weight is 738 g/mol. The molecule has 0 radical (unpaired) electrons. The van der Waals surface area contributed by atoms with Crippen molar-refractivity contribution in [1.29, 1.82) is 0 Å². The summed E-state index contributed by atoms with van der Waals surface area (Å²) in [5, 5.41) is 4.96. The van der Waals surface area contributed by atoms with Crippen LogP contribution in [0.4, 0.5) is 17.1 Å². The molecule has 1 aliphatic carbocycles. The van der Waals surface area contributed by atoms with Crippen LogP contribution in [0, 0.1) is 0 Å². The zero-order valence-electron chi connectivity index (χ0n) is 32.0. The molecule has 58 heavy (non-hydrogen) atoms. The molecular weight excluding hydrogens is 699 g/mol. The summed E-state index contributed by atoms with van der Waals surface area (Å²) in [5.41, 5.74) is 15.2. The van der Waals surface area contributed by atoms with E-state index in [2.05, 4.69) is 241 Å². The van der Waals surface area contributed by atoms with Gasteiger partial charge in [0.25, 0.3) is 0 Å². The highest BCUT2D eigenvalue weighted by Crippen LogP contribution is 2.59. The monoisotopic (exact) mass is 737 g/mol. The number of nitrogens with zero attached hydrogens (tertiary/aromatic N) is 1. The molecule has 0 atom stereocenters. The number of hydrogen-bond donors (Lipinski definition) is 0. The minimum absolute atomic E-state index is 0.506. The third-order valence-corrected chi connectivity index (χ3v) is 12.1. The summed E-state index contributed by atoms with van der Waals surface area (Å²) in [6, 6.07) is 86.9. The third kappa shape index (κ3) is 5.39. The lowest BCUT2D eigenvalue weighted by molar-refractivity contribution is 0.768. The van der Waals surface area contributed by atoms with Gasteiger partial charge in [0.05, 0.1) is 11.1 Å². The number of anilines is 3. The van der Waals surface area contributed by atoms with Crippen LogP contribution in [0.5, 0.6) is 0 Å². The Morgan fingerprint density at radius 2 is 0.845 bits per heavy atom. The van der Waals surface area contributed by atoms with Crippen LogP contribution < -0.4 is 4.90 Å². The molecule has 0 spiro atoms. The van der Waals surface area contributed by atoms with Crippen molar-refractivity contribution < 1.29 is 0 Å². The molecule has 272 valence electrons. The Balaban J connectivity index is 1.18. The molecule has 1 heteroatoms. The number of rotatable bonds is 7. The average Bonchev–Trinajstić information content (AvgIpc) is 3.61. The topological polar surface area (TPSA) is 3.24 Å². The minimum Gasteiger partial charge on any atom is -0.310 e. The van der Waals surface area contributed by atoms with Crippen molar-refractivity contribution in [2.24, 2.45) is 0 Å². The number of fused-ring (bicyclic) bond motifs is 5. The fraction of sp³-hybridized carbons (Fsp3) is 0.0175. The Kier molecular flexibility index (Phi) is 8.12. The Morgan fingerprint density at radius 3 is 1.62 bits per heavy atom. The van der Waals surface area contributed by atoms with Gasteiger partial charge in [-0.05, 0) is 108 Å². The Labute approximate surface area is 339 Å². The molecule has 0 aromatic heterocycles. The molecule has 11 rings (SSSR count). The highest BCUT2D eigenvalue weighted by molar-refractivity contribution is 6.00. The first kappa shape index (κ1) is 33.8. The van der Waals surface area contributed by atoms with Crippen LogP contribution in [0.15, 0.2) is 237 Å². The van der Waals surface area contributed by atoms with E-state index < -0.39 is 5.41 Å². The molecule has 0 fully saturated rings. The molecule has 0 saturated heterocycles. The SMILES string of the molecule is c1ccc(C2(c3ccccc3)c3ccccc3-c3c(N(c4cccc(-c5ccc6ccccc6c5)c4)c4cccc(-c5cccc6ccccc56)c4)cccc32)cc1. The standard InChI is InChI=1S/C57H39N/c1-3-23-46(24-4-1)57(47-25-5-2-6-26-47)53-32-12-11-30-52(53)56-54(57)33-16-34-55(56)58(48-27-13-21-43(38-48)44-36-35-40-17-7-8-19-42(40)37-44)49-28-14-22-45(39-49)51-31-15-20-41-18-9-10-29-50(41)51/h1-39H. The Hall–Kier alpha value is -7.48. The molecule has 0 unspecified atom stereocenters. The quantitative estimate of drug-likeness (QED) is 0.157. The maximum atomic E-state index is 2.49. The normalized spacial score (nSPS) is 12.6. The first-order valence-corrected chi connectivity index (χ1v) is 20.1. The molecule has 10 aromatic carbocycles. The van der Waals surface area contributed by atoms with Crippen molar-refractivity contribution in [1.82, 2.24) is 0 Å². The number of benzene rings is 10. The molecule has 0 saturated carbocycles. The molecule has 0 N–H and O–H groups in total. The van der Waals surface area contributed by atoms with E-state index in [1.165, 1.54) is 77.2 Å². The summed E-state index contributed by atoms with van der Waals surface area (Å²) in [5.74, 6) is 0. The van der Waals surface area contributed by atoms with Crippen molar-refractivity contribution in [3.63, 3.8) is 0 Å². The lowest BCUT2D eigenvalue weighted by atomic mass is 9.68. The summed E-state index contributed by atoms with van der Waals surface area (Å²) >= 11 is 0. The van der Waals surface area contributed by atoms with Gasteiger partial charge in [0.2, 0.25) is 0 Å². The van der Waals surface area contributed by atoms with Crippen LogP contribution in [0.25, 0.3) is 54.9 Å². The van der Waals surface area contributed by atoms with Gasteiger partial charge >= 0.3 is 0 Å². The first-order chi connectivity index (χ1) is 28.8. The Morgan fingerprint density at radius 1 is 0.310 bits per heavy atom. The van der Waals surface area contributed by atoms with Crippen molar-refractivity contribution in [2.75, 3.05) is 4.90 Å². The van der Waals surface area contributed by atoms with E-state index >= 15 is 0 Å².